The number of methoxy groups -OCH3 is 1. The van der Waals surface area contributed by atoms with Crippen molar-refractivity contribution in [3.63, 3.8) is 0 Å². The van der Waals surface area contributed by atoms with Crippen LogP contribution in [0, 0.1) is 0 Å². The Hall–Kier alpha value is -2.01. The summed E-state index contributed by atoms with van der Waals surface area (Å²) in [4.78, 5) is 12.0. The number of carbonyl (C=O) groups is 1. The van der Waals surface area contributed by atoms with Crippen molar-refractivity contribution >= 4 is 21.8 Å². The molecule has 1 N–H and O–H groups in total. The van der Waals surface area contributed by atoms with Crippen molar-refractivity contribution in [2.45, 2.75) is 26.3 Å². The van der Waals surface area contributed by atoms with Crippen LogP contribution in [-0.2, 0) is 11.3 Å². The van der Waals surface area contributed by atoms with Gasteiger partial charge in [-0.05, 0) is 45.6 Å². The minimum absolute atomic E-state index is 0.0330. The SMILES string of the molecule is COc1ccccc1CNC(=O)COc1ccc(C(C)C)cc1Br. The number of ether oxygens (including phenoxy) is 2. The number of amides is 1. The van der Waals surface area contributed by atoms with Gasteiger partial charge in [-0.15, -0.1) is 0 Å². The number of hydrogen-bond donors (Lipinski definition) is 1. The summed E-state index contributed by atoms with van der Waals surface area (Å²) in [5, 5.41) is 2.83. The van der Waals surface area contributed by atoms with E-state index in [2.05, 4.69) is 35.1 Å². The zero-order chi connectivity index (χ0) is 17.5. The second kappa shape index (κ2) is 8.73. The molecule has 0 unspecified atom stereocenters. The quantitative estimate of drug-likeness (QED) is 0.765. The maximum Gasteiger partial charge on any atom is 0.258 e. The van der Waals surface area contributed by atoms with Gasteiger partial charge in [-0.3, -0.25) is 4.79 Å². The molecule has 0 saturated carbocycles. The fourth-order valence-corrected chi connectivity index (χ4v) is 2.74. The van der Waals surface area contributed by atoms with Crippen LogP contribution in [0.1, 0.15) is 30.9 Å². The Morgan fingerprint density at radius 3 is 2.58 bits per heavy atom. The lowest BCUT2D eigenvalue weighted by Crippen LogP contribution is -2.28. The molecule has 5 heteroatoms. The smallest absolute Gasteiger partial charge is 0.258 e. The number of hydrogen-bond acceptors (Lipinski definition) is 3. The lowest BCUT2D eigenvalue weighted by Gasteiger charge is -2.12. The van der Waals surface area contributed by atoms with Gasteiger partial charge in [0.25, 0.3) is 5.91 Å². The van der Waals surface area contributed by atoms with E-state index in [1.165, 1.54) is 5.56 Å². The summed E-state index contributed by atoms with van der Waals surface area (Å²) in [6.07, 6.45) is 0. The zero-order valence-corrected chi connectivity index (χ0v) is 15.7. The van der Waals surface area contributed by atoms with Crippen LogP contribution in [0.2, 0.25) is 0 Å². The highest BCUT2D eigenvalue weighted by Crippen LogP contribution is 2.28. The standard InChI is InChI=1S/C19H22BrNO3/c1-13(2)14-8-9-18(16(20)10-14)24-12-19(22)21-11-15-6-4-5-7-17(15)23-3/h4-10,13H,11-12H2,1-3H3,(H,21,22). The van der Waals surface area contributed by atoms with Crippen molar-refractivity contribution in [3.8, 4) is 11.5 Å². The van der Waals surface area contributed by atoms with E-state index in [9.17, 15) is 4.79 Å². The van der Waals surface area contributed by atoms with Crippen LogP contribution < -0.4 is 14.8 Å². The van der Waals surface area contributed by atoms with E-state index < -0.39 is 0 Å². The van der Waals surface area contributed by atoms with Crippen LogP contribution in [0.4, 0.5) is 0 Å². The Labute approximate surface area is 151 Å². The Morgan fingerprint density at radius 1 is 1.17 bits per heavy atom. The summed E-state index contributed by atoms with van der Waals surface area (Å²) in [6, 6.07) is 13.5. The van der Waals surface area contributed by atoms with E-state index in [1.54, 1.807) is 7.11 Å². The molecule has 0 aliphatic carbocycles. The summed E-state index contributed by atoms with van der Waals surface area (Å²) in [5.74, 6) is 1.68. The first-order chi connectivity index (χ1) is 11.5. The molecule has 2 aromatic carbocycles. The third kappa shape index (κ3) is 4.99. The van der Waals surface area contributed by atoms with Gasteiger partial charge < -0.3 is 14.8 Å². The van der Waals surface area contributed by atoms with Crippen molar-refractivity contribution in [1.29, 1.82) is 0 Å². The van der Waals surface area contributed by atoms with Crippen molar-refractivity contribution in [3.05, 3.63) is 58.1 Å². The molecule has 24 heavy (non-hydrogen) atoms. The number of nitrogens with one attached hydrogen (secondary N) is 1. The fraction of sp³-hybridized carbons (Fsp3) is 0.316. The van der Waals surface area contributed by atoms with E-state index in [0.29, 0.717) is 18.2 Å². The molecule has 0 aromatic heterocycles. The molecule has 0 aliphatic heterocycles. The minimum Gasteiger partial charge on any atom is -0.496 e. The van der Waals surface area contributed by atoms with Gasteiger partial charge in [0.15, 0.2) is 6.61 Å². The largest absolute Gasteiger partial charge is 0.496 e. The molecule has 0 aliphatic rings. The Kier molecular flexibility index (Phi) is 6.67. The lowest BCUT2D eigenvalue weighted by molar-refractivity contribution is -0.123. The molecule has 0 bridgehead atoms. The molecule has 0 saturated heterocycles. The van der Waals surface area contributed by atoms with E-state index in [1.807, 2.05) is 42.5 Å². The molecule has 1 amide bonds. The average Bonchev–Trinajstić information content (AvgIpc) is 2.58. The van der Waals surface area contributed by atoms with Gasteiger partial charge >= 0.3 is 0 Å². The van der Waals surface area contributed by atoms with Gasteiger partial charge in [-0.1, -0.05) is 38.1 Å². The van der Waals surface area contributed by atoms with Crippen LogP contribution >= 0.6 is 15.9 Å². The molecule has 0 heterocycles. The van der Waals surface area contributed by atoms with Crippen LogP contribution in [0.15, 0.2) is 46.9 Å². The molecule has 0 fully saturated rings. The van der Waals surface area contributed by atoms with Crippen LogP contribution in [-0.4, -0.2) is 19.6 Å². The lowest BCUT2D eigenvalue weighted by atomic mass is 10.0. The first-order valence-electron chi connectivity index (χ1n) is 7.82. The summed E-state index contributed by atoms with van der Waals surface area (Å²) >= 11 is 3.49. The van der Waals surface area contributed by atoms with Crippen molar-refractivity contribution in [2.75, 3.05) is 13.7 Å². The normalized spacial score (nSPS) is 10.5. The maximum absolute atomic E-state index is 12.0. The molecule has 128 valence electrons. The minimum atomic E-state index is -0.180. The van der Waals surface area contributed by atoms with E-state index in [4.69, 9.17) is 9.47 Å². The highest BCUT2D eigenvalue weighted by Gasteiger charge is 2.09. The van der Waals surface area contributed by atoms with Gasteiger partial charge in [0.1, 0.15) is 11.5 Å². The molecule has 4 nitrogen and oxygen atoms in total. The summed E-state index contributed by atoms with van der Waals surface area (Å²) < 4.78 is 11.7. The van der Waals surface area contributed by atoms with Gasteiger partial charge in [-0.25, -0.2) is 0 Å². The number of halogens is 1. The van der Waals surface area contributed by atoms with Crippen molar-refractivity contribution in [2.24, 2.45) is 0 Å². The van der Waals surface area contributed by atoms with E-state index in [-0.39, 0.29) is 12.5 Å². The highest BCUT2D eigenvalue weighted by molar-refractivity contribution is 9.10. The second-order valence-electron chi connectivity index (χ2n) is 5.72. The topological polar surface area (TPSA) is 47.6 Å². The molecule has 2 aromatic rings. The predicted octanol–water partition coefficient (Wildman–Crippen LogP) is 4.28. The van der Waals surface area contributed by atoms with E-state index >= 15 is 0 Å². The zero-order valence-electron chi connectivity index (χ0n) is 14.1. The van der Waals surface area contributed by atoms with Crippen molar-refractivity contribution < 1.29 is 14.3 Å². The Bertz CT molecular complexity index is 701. The van der Waals surface area contributed by atoms with E-state index in [0.717, 1.165) is 15.8 Å². The van der Waals surface area contributed by atoms with Gasteiger partial charge in [-0.2, -0.15) is 0 Å². The number of carbonyl (C=O) groups excluding carboxylic acids is 1. The third-order valence-corrected chi connectivity index (χ3v) is 4.27. The summed E-state index contributed by atoms with van der Waals surface area (Å²) in [6.45, 7) is 4.63. The van der Waals surface area contributed by atoms with Crippen LogP contribution in [0.25, 0.3) is 0 Å². The van der Waals surface area contributed by atoms with Gasteiger partial charge in [0, 0.05) is 12.1 Å². The number of benzene rings is 2. The Morgan fingerprint density at radius 2 is 1.92 bits per heavy atom. The number of para-hydroxylation sites is 1. The predicted molar refractivity (Wildman–Crippen MR) is 98.6 cm³/mol. The third-order valence-electron chi connectivity index (χ3n) is 3.65. The fourth-order valence-electron chi connectivity index (χ4n) is 2.23. The number of rotatable bonds is 7. The Balaban J connectivity index is 1.87. The molecule has 2 rings (SSSR count). The average molecular weight is 392 g/mol. The van der Waals surface area contributed by atoms with Crippen molar-refractivity contribution in [1.82, 2.24) is 5.32 Å². The molecule has 0 spiro atoms. The first-order valence-corrected chi connectivity index (χ1v) is 8.61. The monoisotopic (exact) mass is 391 g/mol. The first kappa shape index (κ1) is 18.3. The molecule has 0 atom stereocenters. The van der Waals surface area contributed by atoms with Crippen LogP contribution in [0.3, 0.4) is 0 Å². The highest BCUT2D eigenvalue weighted by atomic mass is 79.9. The second-order valence-corrected chi connectivity index (χ2v) is 6.58. The molecular formula is C19H22BrNO3. The molecule has 0 radical (unpaired) electrons. The maximum atomic E-state index is 12.0. The van der Waals surface area contributed by atoms with Crippen LogP contribution in [0.5, 0.6) is 11.5 Å². The van der Waals surface area contributed by atoms with Gasteiger partial charge in [0.2, 0.25) is 0 Å². The van der Waals surface area contributed by atoms with Gasteiger partial charge in [0.05, 0.1) is 11.6 Å². The molecular weight excluding hydrogens is 370 g/mol. The summed E-state index contributed by atoms with van der Waals surface area (Å²) in [5.41, 5.74) is 2.14. The summed E-state index contributed by atoms with van der Waals surface area (Å²) in [7, 11) is 1.61.